The van der Waals surface area contributed by atoms with Gasteiger partial charge in [-0.15, -0.1) is 0 Å². The molecular weight excluding hydrogens is 174 g/mol. The van der Waals surface area contributed by atoms with Crippen LogP contribution in [0.5, 0.6) is 0 Å². The predicted molar refractivity (Wildman–Crippen MR) is 59.4 cm³/mol. The molecule has 0 aliphatic rings. The van der Waals surface area contributed by atoms with E-state index >= 15 is 0 Å². The van der Waals surface area contributed by atoms with Crippen LogP contribution in [0.15, 0.2) is 18.2 Å². The van der Waals surface area contributed by atoms with Gasteiger partial charge in [-0.1, -0.05) is 23.8 Å². The highest BCUT2D eigenvalue weighted by atomic mass is 16.3. The number of rotatable bonds is 4. The van der Waals surface area contributed by atoms with Crippen molar-refractivity contribution in [2.45, 2.75) is 26.8 Å². The zero-order chi connectivity index (χ0) is 10.6. The van der Waals surface area contributed by atoms with E-state index in [9.17, 15) is 0 Å². The Bertz CT molecular complexity index is 296. The Morgan fingerprint density at radius 1 is 1.36 bits per heavy atom. The number of aliphatic hydroxyl groups is 1. The van der Waals surface area contributed by atoms with Gasteiger partial charge in [-0.25, -0.2) is 0 Å². The Hall–Kier alpha value is -0.860. The van der Waals surface area contributed by atoms with Gasteiger partial charge in [0, 0.05) is 12.6 Å². The van der Waals surface area contributed by atoms with Crippen LogP contribution in [0.2, 0.25) is 0 Å². The van der Waals surface area contributed by atoms with E-state index in [0.29, 0.717) is 12.6 Å². The Balaban J connectivity index is 2.74. The second kappa shape index (κ2) is 5.13. The van der Waals surface area contributed by atoms with Crippen LogP contribution in [0, 0.1) is 13.8 Å². The Morgan fingerprint density at radius 3 is 2.64 bits per heavy atom. The molecule has 0 bridgehead atoms. The van der Waals surface area contributed by atoms with Crippen molar-refractivity contribution in [2.75, 3.05) is 13.2 Å². The third kappa shape index (κ3) is 2.82. The topological polar surface area (TPSA) is 32.3 Å². The quantitative estimate of drug-likeness (QED) is 0.766. The minimum Gasteiger partial charge on any atom is -0.395 e. The van der Waals surface area contributed by atoms with Crippen LogP contribution in [-0.2, 0) is 0 Å². The van der Waals surface area contributed by atoms with E-state index < -0.39 is 0 Å². The maximum atomic E-state index is 8.71. The molecule has 0 aliphatic carbocycles. The largest absolute Gasteiger partial charge is 0.395 e. The summed E-state index contributed by atoms with van der Waals surface area (Å²) >= 11 is 0. The Morgan fingerprint density at radius 2 is 2.07 bits per heavy atom. The van der Waals surface area contributed by atoms with Gasteiger partial charge < -0.3 is 10.4 Å². The molecule has 0 fully saturated rings. The summed E-state index contributed by atoms with van der Waals surface area (Å²) in [7, 11) is 0. The van der Waals surface area contributed by atoms with Gasteiger partial charge in [0.05, 0.1) is 6.61 Å². The van der Waals surface area contributed by atoms with Crippen LogP contribution in [-0.4, -0.2) is 18.3 Å². The van der Waals surface area contributed by atoms with Gasteiger partial charge in [-0.3, -0.25) is 0 Å². The molecule has 0 spiro atoms. The third-order valence-electron chi connectivity index (χ3n) is 2.45. The molecule has 0 aliphatic heterocycles. The summed E-state index contributed by atoms with van der Waals surface area (Å²) in [5.74, 6) is 0. The SMILES string of the molecule is Cc1ccc(C(C)NCCO)c(C)c1. The molecule has 2 heteroatoms. The maximum Gasteiger partial charge on any atom is 0.0556 e. The summed E-state index contributed by atoms with van der Waals surface area (Å²) in [5.41, 5.74) is 3.91. The number of hydrogen-bond donors (Lipinski definition) is 2. The van der Waals surface area contributed by atoms with Crippen molar-refractivity contribution >= 4 is 0 Å². The van der Waals surface area contributed by atoms with E-state index in [2.05, 4.69) is 44.3 Å². The molecule has 1 aromatic carbocycles. The van der Waals surface area contributed by atoms with Crippen molar-refractivity contribution in [2.24, 2.45) is 0 Å². The van der Waals surface area contributed by atoms with E-state index in [0.717, 1.165) is 0 Å². The summed E-state index contributed by atoms with van der Waals surface area (Å²) in [6.45, 7) is 7.18. The first-order valence-corrected chi connectivity index (χ1v) is 5.06. The molecule has 1 unspecified atom stereocenters. The van der Waals surface area contributed by atoms with Gasteiger partial charge in [-0.05, 0) is 31.9 Å². The molecule has 0 amide bonds. The first-order valence-electron chi connectivity index (χ1n) is 5.06. The minimum absolute atomic E-state index is 0.190. The summed E-state index contributed by atoms with van der Waals surface area (Å²) < 4.78 is 0. The summed E-state index contributed by atoms with van der Waals surface area (Å²) in [4.78, 5) is 0. The molecule has 14 heavy (non-hydrogen) atoms. The Kier molecular flexibility index (Phi) is 4.11. The van der Waals surface area contributed by atoms with E-state index in [1.54, 1.807) is 0 Å². The first kappa shape index (κ1) is 11.2. The van der Waals surface area contributed by atoms with Crippen molar-refractivity contribution in [3.05, 3.63) is 34.9 Å². The summed E-state index contributed by atoms with van der Waals surface area (Å²) in [5, 5.41) is 12.0. The standard InChI is InChI=1S/C12H19NO/c1-9-4-5-12(10(2)8-9)11(3)13-6-7-14/h4-5,8,11,13-14H,6-7H2,1-3H3. The highest BCUT2D eigenvalue weighted by Crippen LogP contribution is 2.17. The Labute approximate surface area is 86.0 Å². The molecule has 2 N–H and O–H groups in total. The summed E-state index contributed by atoms with van der Waals surface area (Å²) in [6, 6.07) is 6.77. The second-order valence-electron chi connectivity index (χ2n) is 3.76. The highest BCUT2D eigenvalue weighted by Gasteiger charge is 2.06. The second-order valence-corrected chi connectivity index (χ2v) is 3.76. The van der Waals surface area contributed by atoms with Gasteiger partial charge in [0.15, 0.2) is 0 Å². The number of nitrogens with one attached hydrogen (secondary N) is 1. The lowest BCUT2D eigenvalue weighted by Crippen LogP contribution is -2.22. The number of aliphatic hydroxyl groups excluding tert-OH is 1. The van der Waals surface area contributed by atoms with Crippen LogP contribution in [0.4, 0.5) is 0 Å². The van der Waals surface area contributed by atoms with E-state index in [1.807, 2.05) is 0 Å². The average Bonchev–Trinajstić information content (AvgIpc) is 2.14. The summed E-state index contributed by atoms with van der Waals surface area (Å²) in [6.07, 6.45) is 0. The van der Waals surface area contributed by atoms with Crippen molar-refractivity contribution in [3.63, 3.8) is 0 Å². The monoisotopic (exact) mass is 193 g/mol. The zero-order valence-electron chi connectivity index (χ0n) is 9.17. The molecule has 78 valence electrons. The van der Waals surface area contributed by atoms with Crippen LogP contribution < -0.4 is 5.32 Å². The number of benzene rings is 1. The van der Waals surface area contributed by atoms with Crippen molar-refractivity contribution in [3.8, 4) is 0 Å². The normalized spacial score (nSPS) is 12.9. The number of aryl methyl sites for hydroxylation is 2. The van der Waals surface area contributed by atoms with Crippen molar-refractivity contribution < 1.29 is 5.11 Å². The van der Waals surface area contributed by atoms with E-state index in [-0.39, 0.29) is 6.61 Å². The van der Waals surface area contributed by atoms with Crippen molar-refractivity contribution in [1.29, 1.82) is 0 Å². The van der Waals surface area contributed by atoms with Gasteiger partial charge in [0.2, 0.25) is 0 Å². The van der Waals surface area contributed by atoms with E-state index in [4.69, 9.17) is 5.11 Å². The molecule has 1 rings (SSSR count). The van der Waals surface area contributed by atoms with E-state index in [1.165, 1.54) is 16.7 Å². The molecule has 0 radical (unpaired) electrons. The first-order chi connectivity index (χ1) is 6.65. The molecular formula is C12H19NO. The third-order valence-corrected chi connectivity index (χ3v) is 2.45. The van der Waals surface area contributed by atoms with Gasteiger partial charge in [-0.2, -0.15) is 0 Å². The van der Waals surface area contributed by atoms with Crippen molar-refractivity contribution in [1.82, 2.24) is 5.32 Å². The van der Waals surface area contributed by atoms with Crippen LogP contribution >= 0.6 is 0 Å². The fraction of sp³-hybridized carbons (Fsp3) is 0.500. The van der Waals surface area contributed by atoms with Crippen LogP contribution in [0.25, 0.3) is 0 Å². The fourth-order valence-electron chi connectivity index (χ4n) is 1.70. The lowest BCUT2D eigenvalue weighted by molar-refractivity contribution is 0.286. The lowest BCUT2D eigenvalue weighted by atomic mass is 10.0. The number of hydrogen-bond acceptors (Lipinski definition) is 2. The smallest absolute Gasteiger partial charge is 0.0556 e. The molecule has 1 atom stereocenters. The van der Waals surface area contributed by atoms with Gasteiger partial charge >= 0.3 is 0 Å². The fourth-order valence-corrected chi connectivity index (χ4v) is 1.70. The average molecular weight is 193 g/mol. The maximum absolute atomic E-state index is 8.71. The van der Waals surface area contributed by atoms with Crippen LogP contribution in [0.3, 0.4) is 0 Å². The molecule has 0 heterocycles. The molecule has 0 saturated carbocycles. The predicted octanol–water partition coefficient (Wildman–Crippen LogP) is 1.95. The van der Waals surface area contributed by atoms with Crippen LogP contribution in [0.1, 0.15) is 29.7 Å². The van der Waals surface area contributed by atoms with Gasteiger partial charge in [0.25, 0.3) is 0 Å². The minimum atomic E-state index is 0.190. The molecule has 0 saturated heterocycles. The molecule has 1 aromatic rings. The molecule has 2 nitrogen and oxygen atoms in total. The molecule has 0 aromatic heterocycles. The highest BCUT2D eigenvalue weighted by molar-refractivity contribution is 5.32. The van der Waals surface area contributed by atoms with Gasteiger partial charge in [0.1, 0.15) is 0 Å². The lowest BCUT2D eigenvalue weighted by Gasteiger charge is -2.16. The zero-order valence-corrected chi connectivity index (χ0v) is 9.17.